The van der Waals surface area contributed by atoms with Gasteiger partial charge in [-0.3, -0.25) is 5.10 Å². The Bertz CT molecular complexity index is 1130. The number of nitrogen functional groups attached to an aromatic ring is 1. The molecule has 2 aromatic carbocycles. The zero-order valence-electron chi connectivity index (χ0n) is 15.3. The highest BCUT2D eigenvalue weighted by atomic mass is 35.5. The highest BCUT2D eigenvalue weighted by Crippen LogP contribution is 2.36. The van der Waals surface area contributed by atoms with E-state index < -0.39 is 0 Å². The van der Waals surface area contributed by atoms with Crippen molar-refractivity contribution in [1.82, 2.24) is 20.2 Å². The number of H-pyrrole nitrogens is 1. The number of nitrogens with one attached hydrogen (secondary N) is 1. The van der Waals surface area contributed by atoms with E-state index in [9.17, 15) is 0 Å². The van der Waals surface area contributed by atoms with Crippen LogP contribution in [-0.4, -0.2) is 34.3 Å². The lowest BCUT2D eigenvalue weighted by molar-refractivity contribution is 1.05. The van der Waals surface area contributed by atoms with E-state index in [2.05, 4.69) is 15.2 Å². The molecule has 0 unspecified atom stereocenters. The molecule has 0 amide bonds. The van der Waals surface area contributed by atoms with Crippen LogP contribution in [0.5, 0.6) is 0 Å². The van der Waals surface area contributed by atoms with Gasteiger partial charge in [-0.2, -0.15) is 5.10 Å². The van der Waals surface area contributed by atoms with Gasteiger partial charge in [-0.25, -0.2) is 9.97 Å². The molecule has 0 atom stereocenters. The van der Waals surface area contributed by atoms with Crippen molar-refractivity contribution in [3.05, 3.63) is 53.2 Å². The van der Waals surface area contributed by atoms with Gasteiger partial charge in [0.05, 0.1) is 27.6 Å². The average Bonchev–Trinajstić information content (AvgIpc) is 3.03. The predicted molar refractivity (Wildman–Crippen MR) is 111 cm³/mol. The minimum atomic E-state index is 0.384. The van der Waals surface area contributed by atoms with E-state index in [1.54, 1.807) is 0 Å². The third kappa shape index (κ3) is 2.98. The van der Waals surface area contributed by atoms with Crippen LogP contribution < -0.4 is 10.6 Å². The number of benzene rings is 2. The number of halogens is 1. The van der Waals surface area contributed by atoms with Crippen molar-refractivity contribution < 1.29 is 0 Å². The normalized spacial score (nSPS) is 11.1. The van der Waals surface area contributed by atoms with Crippen molar-refractivity contribution in [2.45, 2.75) is 6.92 Å². The Hall–Kier alpha value is -3.12. The molecule has 0 aliphatic rings. The lowest BCUT2D eigenvalue weighted by Crippen LogP contribution is -2.15. The van der Waals surface area contributed by atoms with Gasteiger partial charge in [0.25, 0.3) is 0 Å². The van der Waals surface area contributed by atoms with Crippen LogP contribution in [0.25, 0.3) is 33.4 Å². The second-order valence-electron chi connectivity index (χ2n) is 6.58. The number of nitrogens with zero attached hydrogens (tertiary/aromatic N) is 4. The molecular weight excluding hydrogens is 360 g/mol. The zero-order valence-corrected chi connectivity index (χ0v) is 16.0. The number of fused-ring (bicyclic) bond motifs is 1. The number of rotatable bonds is 3. The average molecular weight is 379 g/mol. The molecule has 2 heterocycles. The molecule has 3 N–H and O–H groups in total. The third-order valence-corrected chi connectivity index (χ3v) is 4.76. The van der Waals surface area contributed by atoms with Gasteiger partial charge in [0, 0.05) is 30.6 Å². The fraction of sp³-hybridized carbons (Fsp3) is 0.150. The first-order valence-corrected chi connectivity index (χ1v) is 8.88. The topological polar surface area (TPSA) is 83.7 Å². The summed E-state index contributed by atoms with van der Waals surface area (Å²) in [4.78, 5) is 11.3. The van der Waals surface area contributed by atoms with Crippen LogP contribution in [0, 0.1) is 6.92 Å². The number of aromatic amines is 1. The maximum Gasteiger partial charge on any atom is 0.171 e. The van der Waals surface area contributed by atoms with Crippen molar-refractivity contribution in [3.63, 3.8) is 0 Å². The second-order valence-corrected chi connectivity index (χ2v) is 6.99. The van der Waals surface area contributed by atoms with Crippen molar-refractivity contribution >= 4 is 34.1 Å². The number of aromatic nitrogens is 4. The van der Waals surface area contributed by atoms with Gasteiger partial charge < -0.3 is 10.6 Å². The summed E-state index contributed by atoms with van der Waals surface area (Å²) in [5.41, 5.74) is 11.1. The monoisotopic (exact) mass is 378 g/mol. The lowest BCUT2D eigenvalue weighted by atomic mass is 10.0. The highest BCUT2D eigenvalue weighted by Gasteiger charge is 2.18. The Balaban J connectivity index is 2.04. The van der Waals surface area contributed by atoms with E-state index in [0.29, 0.717) is 16.7 Å². The SMILES string of the molecule is Cc1n[nH]c2c(Cl)cc(-c3nc(N(C)C)c(N)nc3-c3ccccc3)cc12. The Kier molecular flexibility index (Phi) is 4.20. The van der Waals surface area contributed by atoms with Gasteiger partial charge in [0.2, 0.25) is 0 Å². The molecule has 4 aromatic rings. The fourth-order valence-electron chi connectivity index (χ4n) is 3.11. The molecule has 0 bridgehead atoms. The number of nitrogens with two attached hydrogens (primary N) is 1. The van der Waals surface area contributed by atoms with Crippen LogP contribution in [0.3, 0.4) is 0 Å². The summed E-state index contributed by atoms with van der Waals surface area (Å²) in [6.07, 6.45) is 0. The summed E-state index contributed by atoms with van der Waals surface area (Å²) < 4.78 is 0. The predicted octanol–water partition coefficient (Wildman–Crippen LogP) is 4.30. The highest BCUT2D eigenvalue weighted by molar-refractivity contribution is 6.35. The van der Waals surface area contributed by atoms with Crippen molar-refractivity contribution in [3.8, 4) is 22.5 Å². The van der Waals surface area contributed by atoms with Crippen LogP contribution in [0.1, 0.15) is 5.69 Å². The van der Waals surface area contributed by atoms with E-state index in [0.717, 1.165) is 39.1 Å². The maximum atomic E-state index is 6.50. The summed E-state index contributed by atoms with van der Waals surface area (Å²) in [6.45, 7) is 1.94. The Morgan fingerprint density at radius 1 is 1.00 bits per heavy atom. The van der Waals surface area contributed by atoms with Gasteiger partial charge in [-0.1, -0.05) is 41.9 Å². The molecule has 0 aliphatic heterocycles. The molecule has 136 valence electrons. The summed E-state index contributed by atoms with van der Waals surface area (Å²) in [6, 6.07) is 13.8. The van der Waals surface area contributed by atoms with Crippen LogP contribution >= 0.6 is 11.6 Å². The number of aryl methyl sites for hydroxylation is 1. The van der Waals surface area contributed by atoms with E-state index in [4.69, 9.17) is 22.3 Å². The molecule has 7 heteroatoms. The molecular formula is C20H19ClN6. The molecule has 0 saturated carbocycles. The van der Waals surface area contributed by atoms with Gasteiger partial charge in [0.1, 0.15) is 0 Å². The molecule has 0 fully saturated rings. The van der Waals surface area contributed by atoms with E-state index >= 15 is 0 Å². The van der Waals surface area contributed by atoms with Gasteiger partial charge >= 0.3 is 0 Å². The smallest absolute Gasteiger partial charge is 0.171 e. The van der Waals surface area contributed by atoms with Crippen LogP contribution in [0.4, 0.5) is 11.6 Å². The maximum absolute atomic E-state index is 6.50. The summed E-state index contributed by atoms with van der Waals surface area (Å²) in [5.74, 6) is 0.999. The molecule has 27 heavy (non-hydrogen) atoms. The largest absolute Gasteiger partial charge is 0.381 e. The number of anilines is 2. The van der Waals surface area contributed by atoms with Crippen LogP contribution in [0.2, 0.25) is 5.02 Å². The van der Waals surface area contributed by atoms with Gasteiger partial charge in [-0.05, 0) is 19.1 Å². The quantitative estimate of drug-likeness (QED) is 0.555. The molecule has 2 aromatic heterocycles. The first kappa shape index (κ1) is 17.3. The van der Waals surface area contributed by atoms with Gasteiger partial charge in [0.15, 0.2) is 11.6 Å². The van der Waals surface area contributed by atoms with Crippen molar-refractivity contribution in [2.75, 3.05) is 24.7 Å². The van der Waals surface area contributed by atoms with Crippen LogP contribution in [-0.2, 0) is 0 Å². The Morgan fingerprint density at radius 3 is 2.41 bits per heavy atom. The molecule has 0 radical (unpaired) electrons. The fourth-order valence-corrected chi connectivity index (χ4v) is 3.37. The first-order valence-electron chi connectivity index (χ1n) is 8.50. The standard InChI is InChI=1S/C20H19ClN6/c1-11-14-9-13(10-15(21)18(14)26-25-11)17-16(12-7-5-4-6-8-12)23-19(22)20(24-17)27(2)3/h4-10H,1-3H3,(H2,22,23)(H,25,26). The molecule has 4 rings (SSSR count). The molecule has 0 aliphatic carbocycles. The molecule has 0 saturated heterocycles. The van der Waals surface area contributed by atoms with E-state index in [-0.39, 0.29) is 0 Å². The minimum absolute atomic E-state index is 0.384. The van der Waals surface area contributed by atoms with Crippen LogP contribution in [0.15, 0.2) is 42.5 Å². The van der Waals surface area contributed by atoms with E-state index in [1.807, 2.05) is 68.4 Å². The van der Waals surface area contributed by atoms with Gasteiger partial charge in [-0.15, -0.1) is 0 Å². The summed E-state index contributed by atoms with van der Waals surface area (Å²) in [7, 11) is 3.78. The number of hydrogen-bond acceptors (Lipinski definition) is 5. The first-order chi connectivity index (χ1) is 13.0. The number of hydrogen-bond donors (Lipinski definition) is 2. The molecule has 6 nitrogen and oxygen atoms in total. The minimum Gasteiger partial charge on any atom is -0.381 e. The second kappa shape index (κ2) is 6.55. The molecule has 0 spiro atoms. The zero-order chi connectivity index (χ0) is 19.1. The van der Waals surface area contributed by atoms with E-state index in [1.165, 1.54) is 0 Å². The summed E-state index contributed by atoms with van der Waals surface area (Å²) in [5, 5.41) is 8.78. The van der Waals surface area contributed by atoms with Crippen molar-refractivity contribution in [2.24, 2.45) is 0 Å². The summed E-state index contributed by atoms with van der Waals surface area (Å²) >= 11 is 6.50. The lowest BCUT2D eigenvalue weighted by Gasteiger charge is -2.17. The van der Waals surface area contributed by atoms with Crippen molar-refractivity contribution in [1.29, 1.82) is 0 Å². The Labute approximate surface area is 162 Å². The third-order valence-electron chi connectivity index (χ3n) is 4.46. The Morgan fingerprint density at radius 2 is 1.70 bits per heavy atom.